The average Bonchev–Trinajstić information content (AvgIpc) is 0.760. The van der Waals surface area contributed by atoms with Gasteiger partial charge in [0, 0.05) is 0 Å². The van der Waals surface area contributed by atoms with Gasteiger partial charge in [0.15, 0.2) is 55.5 Å². The van der Waals surface area contributed by atoms with Crippen LogP contribution >= 0.6 is 0 Å². The second-order valence-corrected chi connectivity index (χ2v) is 26.0. The van der Waals surface area contributed by atoms with E-state index in [4.69, 9.17) is 71.1 Å². The molecule has 13 rings (SSSR count). The lowest BCUT2D eigenvalue weighted by Crippen LogP contribution is -2.65. The number of aliphatic hydroxyl groups is 1. The first-order valence-corrected chi connectivity index (χ1v) is 36.0. The molecule has 3 aliphatic rings. The van der Waals surface area contributed by atoms with Gasteiger partial charge >= 0.3 is 41.8 Å². The highest BCUT2D eigenvalue weighted by atomic mass is 16.8. The van der Waals surface area contributed by atoms with Gasteiger partial charge in [0.1, 0.15) is 43.2 Å². The van der Waals surface area contributed by atoms with Crippen molar-refractivity contribution in [2.45, 2.75) is 112 Å². The molecule has 23 nitrogen and oxygen atoms in total. The Kier molecular flexibility index (Phi) is 26.8. The van der Waals surface area contributed by atoms with Gasteiger partial charge in [-0.1, -0.05) is 218 Å². The van der Waals surface area contributed by atoms with E-state index in [1.54, 1.807) is 127 Å². The molecule has 0 amide bonds. The van der Waals surface area contributed by atoms with Crippen LogP contribution in [-0.2, 0) is 90.9 Å². The van der Waals surface area contributed by atoms with E-state index in [1.165, 1.54) is 84.9 Å². The van der Waals surface area contributed by atoms with Gasteiger partial charge in [0.05, 0.1) is 72.0 Å². The molecule has 10 aromatic rings. The van der Waals surface area contributed by atoms with Crippen molar-refractivity contribution in [2.75, 3.05) is 19.8 Å². The zero-order valence-electron chi connectivity index (χ0n) is 59.7. The molecular formula is C88H78O23. The van der Waals surface area contributed by atoms with Gasteiger partial charge in [-0.2, -0.15) is 0 Å². The van der Waals surface area contributed by atoms with Crippen LogP contribution in [0.4, 0.5) is 0 Å². The highest BCUT2D eigenvalue weighted by Gasteiger charge is 2.58. The number of hydrogen-bond donors (Lipinski definition) is 1. The number of carbonyl (C=O) groups excluding carboxylic acids is 7. The van der Waals surface area contributed by atoms with Crippen LogP contribution in [0.15, 0.2) is 303 Å². The first-order chi connectivity index (χ1) is 54.4. The molecule has 10 aromatic carbocycles. The molecule has 3 saturated heterocycles. The normalized spacial score (nSPS) is 23.5. The fraction of sp³-hybridized carbons (Fsp3) is 0.239. The summed E-state index contributed by atoms with van der Waals surface area (Å²) in [5.41, 5.74) is 2.48. The minimum atomic E-state index is -2.00. The monoisotopic (exact) mass is 1500 g/mol. The van der Waals surface area contributed by atoms with Crippen LogP contribution in [0.25, 0.3) is 0 Å². The quantitative estimate of drug-likeness (QED) is 0.0323. The first kappa shape index (κ1) is 77.3. The maximum absolute atomic E-state index is 15.0. The average molecular weight is 1500 g/mol. The van der Waals surface area contributed by atoms with Crippen molar-refractivity contribution in [1.29, 1.82) is 0 Å². The predicted octanol–water partition coefficient (Wildman–Crippen LogP) is 12.2. The van der Waals surface area contributed by atoms with Crippen molar-refractivity contribution in [2.24, 2.45) is 0 Å². The number of benzene rings is 10. The van der Waals surface area contributed by atoms with Crippen LogP contribution in [-0.4, -0.2) is 159 Å². The summed E-state index contributed by atoms with van der Waals surface area (Å²) in [6.07, 6.45) is -25.4. The van der Waals surface area contributed by atoms with Gasteiger partial charge < -0.3 is 76.2 Å². The van der Waals surface area contributed by atoms with Gasteiger partial charge in [0.25, 0.3) is 0 Å². The topological polar surface area (TPSA) is 278 Å². The van der Waals surface area contributed by atoms with Crippen molar-refractivity contribution in [3.63, 3.8) is 0 Å². The minimum absolute atomic E-state index is 0.000380. The second-order valence-electron chi connectivity index (χ2n) is 26.0. The lowest BCUT2D eigenvalue weighted by atomic mass is 9.96. The molecule has 0 radical (unpaired) electrons. The van der Waals surface area contributed by atoms with Crippen molar-refractivity contribution >= 4 is 41.8 Å². The highest BCUT2D eigenvalue weighted by Crippen LogP contribution is 2.38. The van der Waals surface area contributed by atoms with E-state index in [0.717, 1.165) is 16.7 Å². The van der Waals surface area contributed by atoms with Gasteiger partial charge in [-0.3, -0.25) is 0 Å². The van der Waals surface area contributed by atoms with E-state index in [-0.39, 0.29) is 58.8 Å². The third kappa shape index (κ3) is 20.5. The Morgan fingerprint density at radius 1 is 0.234 bits per heavy atom. The molecule has 3 heterocycles. The molecule has 0 spiro atoms. The Morgan fingerprint density at radius 3 is 0.775 bits per heavy atom. The van der Waals surface area contributed by atoms with Gasteiger partial charge in [-0.05, 0) is 102 Å². The number of rotatable bonds is 30. The SMILES string of the molecule is O=C(OC[C@H]1O[C@@H](OC[C@H]2O[C@@H](OC[C@H]3O[C@H](O)[C@H](OCc4ccccc4)[C@@H](OCc4ccccc4)[C@@H]3OCc3ccccc3)[C@H](OC(=O)c3ccccc3)[C@@H](OC(=O)c3ccccc3)[C@H]2OC(=O)c2ccccc2)[C@H](OC(=O)c2ccccc2)[C@@H](OC(=O)c2ccccc2)[C@@H]1OC(=O)c1ccccc1)c1ccccc1. The summed E-state index contributed by atoms with van der Waals surface area (Å²) in [6.45, 7) is -2.23. The van der Waals surface area contributed by atoms with E-state index >= 15 is 4.79 Å². The Morgan fingerprint density at radius 2 is 0.468 bits per heavy atom. The van der Waals surface area contributed by atoms with Gasteiger partial charge in [0.2, 0.25) is 0 Å². The van der Waals surface area contributed by atoms with Crippen LogP contribution in [0, 0.1) is 0 Å². The van der Waals surface area contributed by atoms with Crippen LogP contribution in [0.5, 0.6) is 0 Å². The van der Waals surface area contributed by atoms with Crippen molar-refractivity contribution in [1.82, 2.24) is 0 Å². The summed E-state index contributed by atoms with van der Waals surface area (Å²) >= 11 is 0. The van der Waals surface area contributed by atoms with Crippen molar-refractivity contribution in [3.8, 4) is 0 Å². The lowest BCUT2D eigenvalue weighted by molar-refractivity contribution is -0.344. The fourth-order valence-electron chi connectivity index (χ4n) is 12.8. The third-order valence-corrected chi connectivity index (χ3v) is 18.4. The first-order valence-electron chi connectivity index (χ1n) is 36.0. The summed E-state index contributed by atoms with van der Waals surface area (Å²) in [5, 5.41) is 12.3. The van der Waals surface area contributed by atoms with E-state index < -0.39 is 154 Å². The summed E-state index contributed by atoms with van der Waals surface area (Å²) in [6, 6.07) is 82.5. The number of hydrogen-bond acceptors (Lipinski definition) is 23. The molecule has 568 valence electrons. The molecule has 0 unspecified atom stereocenters. The van der Waals surface area contributed by atoms with Crippen LogP contribution < -0.4 is 0 Å². The maximum Gasteiger partial charge on any atom is 0.338 e. The second kappa shape index (κ2) is 38.5. The number of aliphatic hydroxyl groups excluding tert-OH is 1. The number of carbonyl (C=O) groups is 7. The Labute approximate surface area is 639 Å². The molecule has 15 atom stereocenters. The number of esters is 7. The Bertz CT molecular complexity index is 4620. The molecule has 111 heavy (non-hydrogen) atoms. The summed E-state index contributed by atoms with van der Waals surface area (Å²) < 4.78 is 99.0. The zero-order valence-corrected chi connectivity index (χ0v) is 59.7. The smallest absolute Gasteiger partial charge is 0.338 e. The van der Waals surface area contributed by atoms with E-state index in [9.17, 15) is 33.9 Å². The molecule has 23 heteroatoms. The predicted molar refractivity (Wildman–Crippen MR) is 396 cm³/mol. The largest absolute Gasteiger partial charge is 0.459 e. The molecular weight excluding hydrogens is 1420 g/mol. The van der Waals surface area contributed by atoms with Crippen molar-refractivity contribution < 1.29 is 110 Å². The Hall–Kier alpha value is -11.9. The van der Waals surface area contributed by atoms with Gasteiger partial charge in [-0.15, -0.1) is 0 Å². The van der Waals surface area contributed by atoms with E-state index in [2.05, 4.69) is 0 Å². The standard InChI is InChI=1S/C88H78O23/c89-79(60-37-17-4-18-38-60)100-54-68-71(106-80(90)61-39-19-5-20-40-61)74(108-82(92)63-43-23-7-24-44-63)77(110-84(94)65-47-27-9-28-48-65)88(104-68)102-56-69-72(107-81(91)62-41-21-6-22-42-62)75(109-83(93)64-45-25-8-26-46-64)78(111-85(95)66-49-29-10-30-50-66)87(105-69)101-55-67-70(97-51-57-31-11-1-12-32-57)73(98-52-58-33-13-2-14-34-58)76(86(96)103-67)99-53-59-35-15-3-16-36-59/h1-50,67-78,86-88,96H,51-56H2/t67-,68-,69-,70-,71-,72+,73+,74+,75+,76-,77-,78-,86+,87-,88-/m1/s1. The van der Waals surface area contributed by atoms with Gasteiger partial charge in [-0.25, -0.2) is 33.6 Å². The highest BCUT2D eigenvalue weighted by molar-refractivity contribution is 5.93. The van der Waals surface area contributed by atoms with Crippen molar-refractivity contribution in [3.05, 3.63) is 359 Å². The van der Waals surface area contributed by atoms with E-state index in [1.807, 2.05) is 91.0 Å². The summed E-state index contributed by atoms with van der Waals surface area (Å²) in [7, 11) is 0. The molecule has 1 N–H and O–H groups in total. The maximum atomic E-state index is 15.0. The molecule has 0 aliphatic carbocycles. The zero-order chi connectivity index (χ0) is 76.7. The fourth-order valence-corrected chi connectivity index (χ4v) is 12.8. The van der Waals surface area contributed by atoms with Crippen LogP contribution in [0.1, 0.15) is 89.2 Å². The Balaban J connectivity index is 0.922. The number of ether oxygens (including phenoxy) is 15. The molecule has 0 aromatic heterocycles. The lowest BCUT2D eigenvalue weighted by Gasteiger charge is -2.47. The molecule has 0 bridgehead atoms. The minimum Gasteiger partial charge on any atom is -0.459 e. The summed E-state index contributed by atoms with van der Waals surface area (Å²) in [4.78, 5) is 103. The van der Waals surface area contributed by atoms with Crippen LogP contribution in [0.3, 0.4) is 0 Å². The molecule has 3 aliphatic heterocycles. The molecule has 0 saturated carbocycles. The third-order valence-electron chi connectivity index (χ3n) is 18.4. The molecule has 3 fully saturated rings. The summed E-state index contributed by atoms with van der Waals surface area (Å²) in [5.74, 6) is -6.83. The van der Waals surface area contributed by atoms with Crippen LogP contribution in [0.2, 0.25) is 0 Å². The van der Waals surface area contributed by atoms with E-state index in [0.29, 0.717) is 0 Å².